The Hall–Kier alpha value is -2.53. The molecule has 0 aliphatic rings. The third kappa shape index (κ3) is 5.28. The first-order chi connectivity index (χ1) is 11.5. The number of carbonyl (C=O) groups excluding carboxylic acids is 2. The van der Waals surface area contributed by atoms with Crippen LogP contribution in [-0.2, 0) is 16.0 Å². The smallest absolute Gasteiger partial charge is 0.246 e. The highest BCUT2D eigenvalue weighted by Gasteiger charge is 2.13. The highest BCUT2D eigenvalue weighted by atomic mass is 35.5. The van der Waals surface area contributed by atoms with E-state index < -0.39 is 6.04 Å². The standard InChI is InChI=1S/C18H20ClN3O2/c1-12(18(24)22-16-5-3-4-14(19)11-16)21-15-8-6-13(7-9-15)10-17(23)20-2/h3-9,11-12,21H,10H2,1-2H3,(H,20,23)(H,22,24). The second-order valence-corrected chi connectivity index (χ2v) is 5.85. The minimum absolute atomic E-state index is 0.0371. The Morgan fingerprint density at radius 2 is 1.79 bits per heavy atom. The molecule has 0 spiro atoms. The molecule has 24 heavy (non-hydrogen) atoms. The van der Waals surface area contributed by atoms with Crippen LogP contribution in [0.3, 0.4) is 0 Å². The number of anilines is 2. The summed E-state index contributed by atoms with van der Waals surface area (Å²) >= 11 is 5.90. The molecule has 5 nitrogen and oxygen atoms in total. The molecule has 0 fully saturated rings. The van der Waals surface area contributed by atoms with Crippen molar-refractivity contribution in [3.05, 3.63) is 59.1 Å². The molecule has 0 bridgehead atoms. The summed E-state index contributed by atoms with van der Waals surface area (Å²) in [6.45, 7) is 1.78. The van der Waals surface area contributed by atoms with Crippen molar-refractivity contribution in [2.45, 2.75) is 19.4 Å². The molecule has 2 aromatic rings. The van der Waals surface area contributed by atoms with Gasteiger partial charge >= 0.3 is 0 Å². The van der Waals surface area contributed by atoms with Gasteiger partial charge in [0.25, 0.3) is 0 Å². The SMILES string of the molecule is CNC(=O)Cc1ccc(NC(C)C(=O)Nc2cccc(Cl)c2)cc1. The molecule has 0 heterocycles. The number of amides is 2. The molecule has 0 aliphatic carbocycles. The number of rotatable bonds is 6. The van der Waals surface area contributed by atoms with Crippen molar-refractivity contribution in [1.82, 2.24) is 5.32 Å². The number of carbonyl (C=O) groups is 2. The first-order valence-electron chi connectivity index (χ1n) is 7.60. The molecular formula is C18H20ClN3O2. The average molecular weight is 346 g/mol. The molecule has 2 aromatic carbocycles. The largest absolute Gasteiger partial charge is 0.374 e. The Morgan fingerprint density at radius 1 is 1.08 bits per heavy atom. The van der Waals surface area contributed by atoms with E-state index in [-0.39, 0.29) is 11.8 Å². The van der Waals surface area contributed by atoms with Crippen LogP contribution in [0.5, 0.6) is 0 Å². The zero-order chi connectivity index (χ0) is 17.5. The molecule has 2 rings (SSSR count). The van der Waals surface area contributed by atoms with Crippen LogP contribution in [0.25, 0.3) is 0 Å². The molecule has 3 N–H and O–H groups in total. The van der Waals surface area contributed by atoms with E-state index in [0.717, 1.165) is 11.3 Å². The Kier molecular flexibility index (Phi) is 6.21. The van der Waals surface area contributed by atoms with Crippen molar-refractivity contribution in [2.75, 3.05) is 17.7 Å². The summed E-state index contributed by atoms with van der Waals surface area (Å²) in [6, 6.07) is 14.0. The highest BCUT2D eigenvalue weighted by Crippen LogP contribution is 2.16. The van der Waals surface area contributed by atoms with Crippen molar-refractivity contribution in [3.8, 4) is 0 Å². The molecule has 0 radical (unpaired) electrons. The first kappa shape index (κ1) is 17.8. The van der Waals surface area contributed by atoms with Crippen LogP contribution in [-0.4, -0.2) is 24.9 Å². The third-order valence-corrected chi connectivity index (χ3v) is 3.70. The summed E-state index contributed by atoms with van der Waals surface area (Å²) in [4.78, 5) is 23.6. The van der Waals surface area contributed by atoms with E-state index in [1.807, 2.05) is 24.3 Å². The van der Waals surface area contributed by atoms with Gasteiger partial charge in [-0.3, -0.25) is 9.59 Å². The molecule has 1 atom stereocenters. The zero-order valence-corrected chi connectivity index (χ0v) is 14.4. The average Bonchev–Trinajstić information content (AvgIpc) is 2.56. The third-order valence-electron chi connectivity index (χ3n) is 3.47. The maximum atomic E-state index is 12.2. The fourth-order valence-corrected chi connectivity index (χ4v) is 2.32. The van der Waals surface area contributed by atoms with Crippen molar-refractivity contribution < 1.29 is 9.59 Å². The van der Waals surface area contributed by atoms with Crippen LogP contribution in [0.2, 0.25) is 5.02 Å². The summed E-state index contributed by atoms with van der Waals surface area (Å²) in [5.74, 6) is -0.198. The van der Waals surface area contributed by atoms with Crippen LogP contribution in [0, 0.1) is 0 Å². The predicted octanol–water partition coefficient (Wildman–Crippen LogP) is 3.07. The van der Waals surface area contributed by atoms with Crippen LogP contribution < -0.4 is 16.0 Å². The van der Waals surface area contributed by atoms with Gasteiger partial charge in [-0.15, -0.1) is 0 Å². The Balaban J connectivity index is 1.92. The topological polar surface area (TPSA) is 70.2 Å². The van der Waals surface area contributed by atoms with E-state index in [1.54, 1.807) is 38.2 Å². The highest BCUT2D eigenvalue weighted by molar-refractivity contribution is 6.30. The maximum absolute atomic E-state index is 12.2. The number of hydrogen-bond acceptors (Lipinski definition) is 3. The molecule has 1 unspecified atom stereocenters. The molecule has 0 saturated carbocycles. The second-order valence-electron chi connectivity index (χ2n) is 5.41. The lowest BCUT2D eigenvalue weighted by molar-refractivity contribution is -0.120. The van der Waals surface area contributed by atoms with E-state index >= 15 is 0 Å². The van der Waals surface area contributed by atoms with Crippen molar-refractivity contribution >= 4 is 34.8 Å². The molecule has 0 aromatic heterocycles. The predicted molar refractivity (Wildman–Crippen MR) is 97.4 cm³/mol. The lowest BCUT2D eigenvalue weighted by Crippen LogP contribution is -2.31. The van der Waals surface area contributed by atoms with Crippen LogP contribution in [0.4, 0.5) is 11.4 Å². The summed E-state index contributed by atoms with van der Waals surface area (Å²) in [7, 11) is 1.61. The van der Waals surface area contributed by atoms with Gasteiger partial charge in [0.05, 0.1) is 6.42 Å². The van der Waals surface area contributed by atoms with Crippen LogP contribution in [0.1, 0.15) is 12.5 Å². The Bertz CT molecular complexity index is 716. The van der Waals surface area contributed by atoms with Crippen LogP contribution >= 0.6 is 11.6 Å². The van der Waals surface area contributed by atoms with Crippen molar-refractivity contribution in [3.63, 3.8) is 0 Å². The minimum Gasteiger partial charge on any atom is -0.374 e. The second kappa shape index (κ2) is 8.36. The number of halogens is 1. The van der Waals surface area contributed by atoms with Crippen LogP contribution in [0.15, 0.2) is 48.5 Å². The van der Waals surface area contributed by atoms with Gasteiger partial charge in [-0.2, -0.15) is 0 Å². The summed E-state index contributed by atoms with van der Waals surface area (Å²) in [6.07, 6.45) is 0.335. The van der Waals surface area contributed by atoms with Gasteiger partial charge in [0, 0.05) is 23.4 Å². The normalized spacial score (nSPS) is 11.5. The Morgan fingerprint density at radius 3 is 2.42 bits per heavy atom. The van der Waals surface area contributed by atoms with E-state index in [0.29, 0.717) is 17.1 Å². The first-order valence-corrected chi connectivity index (χ1v) is 7.98. The molecular weight excluding hydrogens is 326 g/mol. The summed E-state index contributed by atoms with van der Waals surface area (Å²) in [5.41, 5.74) is 2.38. The van der Waals surface area contributed by atoms with Gasteiger partial charge in [-0.05, 0) is 42.8 Å². The van der Waals surface area contributed by atoms with E-state index in [9.17, 15) is 9.59 Å². The minimum atomic E-state index is -0.422. The number of benzene rings is 2. The van der Waals surface area contributed by atoms with Gasteiger partial charge in [-0.25, -0.2) is 0 Å². The van der Waals surface area contributed by atoms with Crippen molar-refractivity contribution in [1.29, 1.82) is 0 Å². The van der Waals surface area contributed by atoms with Gasteiger partial charge < -0.3 is 16.0 Å². The number of likely N-dealkylation sites (N-methyl/N-ethyl adjacent to an activating group) is 1. The van der Waals surface area contributed by atoms with E-state index in [2.05, 4.69) is 16.0 Å². The maximum Gasteiger partial charge on any atom is 0.246 e. The lowest BCUT2D eigenvalue weighted by Gasteiger charge is -2.15. The van der Waals surface area contributed by atoms with Gasteiger partial charge in [-0.1, -0.05) is 29.8 Å². The zero-order valence-electron chi connectivity index (χ0n) is 13.6. The monoisotopic (exact) mass is 345 g/mol. The van der Waals surface area contributed by atoms with Gasteiger partial charge in [0.2, 0.25) is 11.8 Å². The summed E-state index contributed by atoms with van der Waals surface area (Å²) < 4.78 is 0. The molecule has 0 saturated heterocycles. The molecule has 6 heteroatoms. The number of hydrogen-bond donors (Lipinski definition) is 3. The molecule has 126 valence electrons. The van der Waals surface area contributed by atoms with Crippen molar-refractivity contribution in [2.24, 2.45) is 0 Å². The lowest BCUT2D eigenvalue weighted by atomic mass is 10.1. The number of nitrogens with one attached hydrogen (secondary N) is 3. The van der Waals surface area contributed by atoms with E-state index in [4.69, 9.17) is 11.6 Å². The Labute approximate surface area is 146 Å². The molecule has 2 amide bonds. The fraction of sp³-hybridized carbons (Fsp3) is 0.222. The van der Waals surface area contributed by atoms with E-state index in [1.165, 1.54) is 0 Å². The molecule has 0 aliphatic heterocycles. The quantitative estimate of drug-likeness (QED) is 0.753. The fourth-order valence-electron chi connectivity index (χ4n) is 2.12. The van der Waals surface area contributed by atoms with Gasteiger partial charge in [0.15, 0.2) is 0 Å². The van der Waals surface area contributed by atoms with Gasteiger partial charge in [0.1, 0.15) is 6.04 Å². The summed E-state index contributed by atoms with van der Waals surface area (Å²) in [5, 5.41) is 9.09.